The third-order valence-corrected chi connectivity index (χ3v) is 10.0. The summed E-state index contributed by atoms with van der Waals surface area (Å²) in [5.74, 6) is -1.67. The number of benzene rings is 3. The standard InChI is InChI=1S/C39H48N6O4/c1-2-32-35(37(41)46)34(28-17-19-31(20-18-28)45(48)49)36(33(43-32)16-9-10-23-40)38(47)42-24-11-25-44-26-21-39(22-27-44,29-12-5-3-6-13-29)30-14-7-4-8-15-30/h3-8,12-15,17-20,34,43H,2,9-11,16,21-27,40H2,1H3,(H2,41,46)(H,42,47). The van der Waals surface area contributed by atoms with Crippen molar-refractivity contribution in [3.8, 4) is 0 Å². The maximum Gasteiger partial charge on any atom is 0.269 e. The van der Waals surface area contributed by atoms with Gasteiger partial charge in [-0.05, 0) is 87.8 Å². The zero-order chi connectivity index (χ0) is 34.8. The molecule has 3 aromatic carbocycles. The lowest BCUT2D eigenvalue weighted by Gasteiger charge is -2.43. The molecule has 0 saturated carbocycles. The van der Waals surface area contributed by atoms with E-state index in [0.29, 0.717) is 48.3 Å². The molecule has 2 heterocycles. The number of non-ortho nitro benzene ring substituents is 1. The van der Waals surface area contributed by atoms with Gasteiger partial charge >= 0.3 is 0 Å². The van der Waals surface area contributed by atoms with E-state index in [1.807, 2.05) is 6.92 Å². The average molecular weight is 665 g/mol. The molecule has 1 atom stereocenters. The van der Waals surface area contributed by atoms with Crippen molar-refractivity contribution in [2.24, 2.45) is 11.5 Å². The zero-order valence-electron chi connectivity index (χ0n) is 28.3. The largest absolute Gasteiger partial charge is 0.366 e. The number of hydrogen-bond acceptors (Lipinski definition) is 7. The first-order valence-electron chi connectivity index (χ1n) is 17.4. The van der Waals surface area contributed by atoms with Gasteiger partial charge in [0.25, 0.3) is 5.69 Å². The minimum atomic E-state index is -0.756. The minimum absolute atomic E-state index is 0.0239. The number of hydrogen-bond donors (Lipinski definition) is 4. The van der Waals surface area contributed by atoms with Crippen LogP contribution in [0.5, 0.6) is 0 Å². The molecule has 2 aliphatic heterocycles. The van der Waals surface area contributed by atoms with Crippen LogP contribution in [0.25, 0.3) is 0 Å². The molecule has 10 nitrogen and oxygen atoms in total. The molecular formula is C39H48N6O4. The fourth-order valence-corrected chi connectivity index (χ4v) is 7.43. The lowest BCUT2D eigenvalue weighted by atomic mass is 9.68. The fourth-order valence-electron chi connectivity index (χ4n) is 7.43. The van der Waals surface area contributed by atoms with Crippen LogP contribution in [0.3, 0.4) is 0 Å². The fraction of sp³-hybridized carbons (Fsp3) is 0.385. The van der Waals surface area contributed by atoms with Gasteiger partial charge in [0.15, 0.2) is 0 Å². The Kier molecular flexibility index (Phi) is 12.0. The van der Waals surface area contributed by atoms with E-state index in [1.54, 1.807) is 12.1 Å². The van der Waals surface area contributed by atoms with E-state index in [2.05, 4.69) is 76.2 Å². The molecule has 0 aromatic heterocycles. The van der Waals surface area contributed by atoms with E-state index >= 15 is 0 Å². The molecule has 1 saturated heterocycles. The van der Waals surface area contributed by atoms with Crippen LogP contribution < -0.4 is 22.1 Å². The molecule has 49 heavy (non-hydrogen) atoms. The first-order valence-corrected chi connectivity index (χ1v) is 17.4. The van der Waals surface area contributed by atoms with Crippen molar-refractivity contribution >= 4 is 17.5 Å². The SMILES string of the molecule is CCC1=C(C(N)=O)C(c2ccc([N+](=O)[O-])cc2)C(C(=O)NCCCN2CCC(c3ccccc3)(c3ccccc3)CC2)=C(CCCCN)N1. The Morgan fingerprint density at radius 1 is 0.898 bits per heavy atom. The van der Waals surface area contributed by atoms with Gasteiger partial charge in [-0.15, -0.1) is 0 Å². The van der Waals surface area contributed by atoms with Crippen molar-refractivity contribution < 1.29 is 14.5 Å². The number of carbonyl (C=O) groups excluding carboxylic acids is 2. The molecule has 3 aromatic rings. The summed E-state index contributed by atoms with van der Waals surface area (Å²) in [7, 11) is 0. The smallest absolute Gasteiger partial charge is 0.269 e. The summed E-state index contributed by atoms with van der Waals surface area (Å²) in [4.78, 5) is 40.4. The van der Waals surface area contributed by atoms with Gasteiger partial charge in [0.05, 0.1) is 4.92 Å². The molecule has 0 radical (unpaired) electrons. The number of unbranched alkanes of at least 4 members (excludes halogenated alkanes) is 1. The molecule has 1 unspecified atom stereocenters. The predicted molar refractivity (Wildman–Crippen MR) is 192 cm³/mol. The molecular weight excluding hydrogens is 616 g/mol. The second-order valence-corrected chi connectivity index (χ2v) is 12.9. The number of amides is 2. The van der Waals surface area contributed by atoms with E-state index in [0.717, 1.165) is 57.4 Å². The molecule has 5 rings (SSSR count). The maximum atomic E-state index is 14.1. The number of dihydropyridines is 1. The number of likely N-dealkylation sites (tertiary alicyclic amines) is 1. The Hall–Kier alpha value is -4.80. The zero-order valence-corrected chi connectivity index (χ0v) is 28.3. The predicted octanol–water partition coefficient (Wildman–Crippen LogP) is 5.40. The van der Waals surface area contributed by atoms with Gasteiger partial charge in [-0.25, -0.2) is 0 Å². The van der Waals surface area contributed by atoms with Gasteiger partial charge in [0.2, 0.25) is 11.8 Å². The highest BCUT2D eigenvalue weighted by Crippen LogP contribution is 2.42. The topological polar surface area (TPSA) is 157 Å². The normalized spacial score (nSPS) is 17.8. The molecule has 1 fully saturated rings. The highest BCUT2D eigenvalue weighted by atomic mass is 16.6. The van der Waals surface area contributed by atoms with Crippen molar-refractivity contribution in [1.29, 1.82) is 0 Å². The number of rotatable bonds is 15. The first-order chi connectivity index (χ1) is 23.8. The number of nitro groups is 1. The van der Waals surface area contributed by atoms with Crippen LogP contribution in [0.15, 0.2) is 107 Å². The van der Waals surface area contributed by atoms with Crippen LogP contribution >= 0.6 is 0 Å². The summed E-state index contributed by atoms with van der Waals surface area (Å²) in [6.45, 7) is 5.65. The van der Waals surface area contributed by atoms with Gasteiger partial charge in [-0.1, -0.05) is 79.7 Å². The molecule has 2 amide bonds. The van der Waals surface area contributed by atoms with Crippen molar-refractivity contribution in [2.45, 2.75) is 63.2 Å². The highest BCUT2D eigenvalue weighted by Gasteiger charge is 2.39. The Bertz CT molecular complexity index is 1620. The van der Waals surface area contributed by atoms with E-state index < -0.39 is 16.7 Å². The van der Waals surface area contributed by atoms with Gasteiger partial charge in [0, 0.05) is 52.6 Å². The minimum Gasteiger partial charge on any atom is -0.366 e. The van der Waals surface area contributed by atoms with Crippen LogP contribution in [-0.2, 0) is 15.0 Å². The highest BCUT2D eigenvalue weighted by molar-refractivity contribution is 6.03. The summed E-state index contributed by atoms with van der Waals surface area (Å²) in [5, 5.41) is 17.9. The molecule has 0 spiro atoms. The summed E-state index contributed by atoms with van der Waals surface area (Å²) >= 11 is 0. The number of nitrogens with two attached hydrogens (primary N) is 2. The summed E-state index contributed by atoms with van der Waals surface area (Å²) in [5.41, 5.74) is 17.0. The summed E-state index contributed by atoms with van der Waals surface area (Å²) in [6, 6.07) is 27.6. The number of piperidine rings is 1. The molecule has 0 aliphatic carbocycles. The maximum absolute atomic E-state index is 14.1. The second-order valence-electron chi connectivity index (χ2n) is 12.9. The third kappa shape index (κ3) is 8.09. The van der Waals surface area contributed by atoms with Crippen LogP contribution in [0.4, 0.5) is 5.69 Å². The van der Waals surface area contributed by atoms with Crippen LogP contribution in [0, 0.1) is 10.1 Å². The Morgan fingerprint density at radius 2 is 1.51 bits per heavy atom. The van der Waals surface area contributed by atoms with Crippen LogP contribution in [-0.4, -0.2) is 54.4 Å². The Balaban J connectivity index is 1.30. The van der Waals surface area contributed by atoms with Gasteiger partial charge in [-0.3, -0.25) is 19.7 Å². The number of carbonyl (C=O) groups is 2. The number of nitrogens with zero attached hydrogens (tertiary/aromatic N) is 2. The van der Waals surface area contributed by atoms with Gasteiger partial charge in [0.1, 0.15) is 0 Å². The molecule has 258 valence electrons. The number of allylic oxidation sites excluding steroid dienone is 2. The molecule has 2 aliphatic rings. The molecule has 6 N–H and O–H groups in total. The van der Waals surface area contributed by atoms with E-state index in [9.17, 15) is 19.7 Å². The lowest BCUT2D eigenvalue weighted by Crippen LogP contribution is -2.44. The van der Waals surface area contributed by atoms with E-state index in [-0.39, 0.29) is 17.0 Å². The van der Waals surface area contributed by atoms with E-state index in [1.165, 1.54) is 23.3 Å². The summed E-state index contributed by atoms with van der Waals surface area (Å²) in [6.07, 6.45) is 5.39. The Labute approximate surface area is 288 Å². The van der Waals surface area contributed by atoms with Crippen molar-refractivity contribution in [3.63, 3.8) is 0 Å². The number of nitrogens with one attached hydrogen (secondary N) is 2. The van der Waals surface area contributed by atoms with Gasteiger partial charge < -0.3 is 27.0 Å². The Morgan fingerprint density at radius 3 is 2.04 bits per heavy atom. The first kappa shape index (κ1) is 35.5. The number of nitro benzene ring substituents is 1. The average Bonchev–Trinajstić information content (AvgIpc) is 3.13. The van der Waals surface area contributed by atoms with E-state index in [4.69, 9.17) is 11.5 Å². The van der Waals surface area contributed by atoms with Crippen molar-refractivity contribution in [1.82, 2.24) is 15.5 Å². The monoisotopic (exact) mass is 664 g/mol. The van der Waals surface area contributed by atoms with Gasteiger partial charge in [-0.2, -0.15) is 0 Å². The van der Waals surface area contributed by atoms with Crippen LogP contribution in [0.2, 0.25) is 0 Å². The van der Waals surface area contributed by atoms with Crippen molar-refractivity contribution in [2.75, 3.05) is 32.7 Å². The molecule has 10 heteroatoms. The van der Waals surface area contributed by atoms with Crippen molar-refractivity contribution in [3.05, 3.63) is 134 Å². The quantitative estimate of drug-likeness (QED) is 0.0963. The number of primary amides is 1. The lowest BCUT2D eigenvalue weighted by molar-refractivity contribution is -0.384. The third-order valence-electron chi connectivity index (χ3n) is 10.0. The molecule has 0 bridgehead atoms. The van der Waals surface area contributed by atoms with Crippen LogP contribution in [0.1, 0.15) is 74.5 Å². The second kappa shape index (κ2) is 16.5. The summed E-state index contributed by atoms with van der Waals surface area (Å²) < 4.78 is 0.